The largest absolute Gasteiger partial charge is 0.475 e. The first-order chi connectivity index (χ1) is 12.1. The summed E-state index contributed by atoms with van der Waals surface area (Å²) in [6.07, 6.45) is 6.22. The summed E-state index contributed by atoms with van der Waals surface area (Å²) >= 11 is 0. The minimum Gasteiger partial charge on any atom is -0.475 e. The number of pyridine rings is 1. The SMILES string of the molecule is CCCO[C@]1(C(=O)Nc2ccc(OCCOC)nc2)CCC[C@@H](C)C1. The zero-order valence-corrected chi connectivity index (χ0v) is 15.5. The molecule has 140 valence electrons. The van der Waals surface area contributed by atoms with Gasteiger partial charge in [-0.2, -0.15) is 0 Å². The number of methoxy groups -OCH3 is 1. The number of hydrogen-bond donors (Lipinski definition) is 1. The lowest BCUT2D eigenvalue weighted by Gasteiger charge is -2.38. The number of rotatable bonds is 9. The number of carbonyl (C=O) groups is 1. The maximum Gasteiger partial charge on any atom is 0.256 e. The fourth-order valence-electron chi connectivity index (χ4n) is 3.22. The Labute approximate surface area is 150 Å². The van der Waals surface area contributed by atoms with Crippen LogP contribution in [-0.4, -0.2) is 43.4 Å². The Morgan fingerprint density at radius 3 is 2.84 bits per heavy atom. The van der Waals surface area contributed by atoms with E-state index < -0.39 is 5.60 Å². The van der Waals surface area contributed by atoms with Crippen molar-refractivity contribution in [2.45, 2.75) is 51.6 Å². The Bertz CT molecular complexity index is 535. The lowest BCUT2D eigenvalue weighted by Crippen LogP contribution is -2.48. The molecule has 1 aromatic rings. The lowest BCUT2D eigenvalue weighted by atomic mass is 9.78. The predicted molar refractivity (Wildman–Crippen MR) is 96.8 cm³/mol. The van der Waals surface area contributed by atoms with E-state index >= 15 is 0 Å². The molecule has 0 spiro atoms. The molecule has 6 heteroatoms. The molecule has 1 N–H and O–H groups in total. The Kier molecular flexibility index (Phi) is 7.65. The normalized spacial score (nSPS) is 23.2. The van der Waals surface area contributed by atoms with Gasteiger partial charge in [-0.3, -0.25) is 4.79 Å². The molecular formula is C19H30N2O4. The van der Waals surface area contributed by atoms with Crippen molar-refractivity contribution < 1.29 is 19.0 Å². The van der Waals surface area contributed by atoms with Crippen LogP contribution < -0.4 is 10.1 Å². The zero-order valence-electron chi connectivity index (χ0n) is 15.5. The molecular weight excluding hydrogens is 320 g/mol. The summed E-state index contributed by atoms with van der Waals surface area (Å²) in [5.41, 5.74) is -0.0665. The molecule has 0 aliphatic heterocycles. The van der Waals surface area contributed by atoms with E-state index in [4.69, 9.17) is 14.2 Å². The van der Waals surface area contributed by atoms with Gasteiger partial charge in [0.2, 0.25) is 5.88 Å². The number of anilines is 1. The first-order valence-electron chi connectivity index (χ1n) is 9.13. The van der Waals surface area contributed by atoms with Gasteiger partial charge in [0.25, 0.3) is 5.91 Å². The van der Waals surface area contributed by atoms with Crippen LogP contribution in [0.25, 0.3) is 0 Å². The molecule has 0 saturated heterocycles. The Balaban J connectivity index is 1.99. The number of aromatic nitrogens is 1. The fraction of sp³-hybridized carbons (Fsp3) is 0.684. The molecule has 2 atom stereocenters. The van der Waals surface area contributed by atoms with Gasteiger partial charge in [-0.05, 0) is 37.7 Å². The maximum absolute atomic E-state index is 12.9. The van der Waals surface area contributed by atoms with Gasteiger partial charge in [-0.15, -0.1) is 0 Å². The first kappa shape index (κ1) is 19.7. The number of amides is 1. The first-order valence-corrected chi connectivity index (χ1v) is 9.13. The average Bonchev–Trinajstić information content (AvgIpc) is 2.61. The van der Waals surface area contributed by atoms with E-state index in [2.05, 4.69) is 24.1 Å². The molecule has 1 heterocycles. The molecule has 1 aliphatic carbocycles. The summed E-state index contributed by atoms with van der Waals surface area (Å²) in [6, 6.07) is 3.54. The summed E-state index contributed by atoms with van der Waals surface area (Å²) in [5, 5.41) is 2.97. The quantitative estimate of drug-likeness (QED) is 0.691. The summed E-state index contributed by atoms with van der Waals surface area (Å²) in [6.45, 7) is 5.80. The van der Waals surface area contributed by atoms with Gasteiger partial charge < -0.3 is 19.5 Å². The molecule has 1 amide bonds. The number of carbonyl (C=O) groups excluding carboxylic acids is 1. The second-order valence-electron chi connectivity index (χ2n) is 6.72. The van der Waals surface area contributed by atoms with E-state index in [-0.39, 0.29) is 5.91 Å². The van der Waals surface area contributed by atoms with Crippen molar-refractivity contribution in [1.82, 2.24) is 4.98 Å². The second kappa shape index (κ2) is 9.73. The van der Waals surface area contributed by atoms with Crippen molar-refractivity contribution in [1.29, 1.82) is 0 Å². The molecule has 1 fully saturated rings. The minimum atomic E-state index is -0.721. The van der Waals surface area contributed by atoms with Crippen LogP contribution in [0.3, 0.4) is 0 Å². The number of nitrogens with one attached hydrogen (secondary N) is 1. The van der Waals surface area contributed by atoms with Crippen LogP contribution in [0.1, 0.15) is 46.0 Å². The molecule has 6 nitrogen and oxygen atoms in total. The van der Waals surface area contributed by atoms with E-state index in [1.807, 2.05) is 0 Å². The molecule has 1 saturated carbocycles. The van der Waals surface area contributed by atoms with Crippen LogP contribution in [-0.2, 0) is 14.3 Å². The van der Waals surface area contributed by atoms with E-state index in [9.17, 15) is 4.79 Å². The van der Waals surface area contributed by atoms with Crippen LogP contribution in [0.4, 0.5) is 5.69 Å². The monoisotopic (exact) mass is 350 g/mol. The Morgan fingerprint density at radius 1 is 1.36 bits per heavy atom. The number of hydrogen-bond acceptors (Lipinski definition) is 5. The predicted octanol–water partition coefficient (Wildman–Crippen LogP) is 3.42. The molecule has 0 radical (unpaired) electrons. The maximum atomic E-state index is 12.9. The van der Waals surface area contributed by atoms with E-state index in [0.29, 0.717) is 37.3 Å². The third-order valence-electron chi connectivity index (χ3n) is 4.48. The third-order valence-corrected chi connectivity index (χ3v) is 4.48. The van der Waals surface area contributed by atoms with Gasteiger partial charge in [0.1, 0.15) is 12.2 Å². The highest BCUT2D eigenvalue weighted by Crippen LogP contribution is 2.36. The lowest BCUT2D eigenvalue weighted by molar-refractivity contribution is -0.148. The fourth-order valence-corrected chi connectivity index (χ4v) is 3.22. The van der Waals surface area contributed by atoms with E-state index in [1.54, 1.807) is 25.4 Å². The smallest absolute Gasteiger partial charge is 0.256 e. The molecule has 1 aliphatic rings. The molecule has 0 bridgehead atoms. The number of nitrogens with zero attached hydrogens (tertiary/aromatic N) is 1. The van der Waals surface area contributed by atoms with Crippen LogP contribution in [0, 0.1) is 5.92 Å². The highest BCUT2D eigenvalue weighted by Gasteiger charge is 2.42. The highest BCUT2D eigenvalue weighted by molar-refractivity contribution is 5.97. The van der Waals surface area contributed by atoms with Gasteiger partial charge in [-0.25, -0.2) is 4.98 Å². The van der Waals surface area contributed by atoms with Crippen molar-refractivity contribution >= 4 is 11.6 Å². The van der Waals surface area contributed by atoms with Crippen molar-refractivity contribution in [3.8, 4) is 5.88 Å². The minimum absolute atomic E-state index is 0.0673. The topological polar surface area (TPSA) is 69.7 Å². The van der Waals surface area contributed by atoms with Crippen LogP contribution >= 0.6 is 0 Å². The molecule has 2 rings (SSSR count). The summed E-state index contributed by atoms with van der Waals surface area (Å²) in [4.78, 5) is 17.1. The molecule has 1 aromatic heterocycles. The Morgan fingerprint density at radius 2 is 2.20 bits per heavy atom. The van der Waals surface area contributed by atoms with Gasteiger partial charge in [0, 0.05) is 19.8 Å². The van der Waals surface area contributed by atoms with Crippen molar-refractivity contribution in [2.24, 2.45) is 5.92 Å². The van der Waals surface area contributed by atoms with Crippen molar-refractivity contribution in [3.63, 3.8) is 0 Å². The van der Waals surface area contributed by atoms with Crippen molar-refractivity contribution in [2.75, 3.05) is 32.2 Å². The van der Waals surface area contributed by atoms with E-state index in [1.165, 1.54) is 0 Å². The second-order valence-corrected chi connectivity index (χ2v) is 6.72. The van der Waals surface area contributed by atoms with Crippen molar-refractivity contribution in [3.05, 3.63) is 18.3 Å². The van der Waals surface area contributed by atoms with Gasteiger partial charge >= 0.3 is 0 Å². The van der Waals surface area contributed by atoms with Crippen LogP contribution in [0.15, 0.2) is 18.3 Å². The average molecular weight is 350 g/mol. The molecule has 0 unspecified atom stereocenters. The highest BCUT2D eigenvalue weighted by atomic mass is 16.5. The van der Waals surface area contributed by atoms with E-state index in [0.717, 1.165) is 32.1 Å². The standard InChI is InChI=1S/C19H30N2O4/c1-4-10-25-19(9-5-6-15(2)13-19)18(22)21-16-7-8-17(20-14-16)24-12-11-23-3/h7-8,14-15H,4-6,9-13H2,1-3H3,(H,21,22)/t15-,19-/m1/s1. The van der Waals surface area contributed by atoms with Crippen LogP contribution in [0.2, 0.25) is 0 Å². The zero-order chi connectivity index (χ0) is 18.1. The molecule has 25 heavy (non-hydrogen) atoms. The van der Waals surface area contributed by atoms with Gasteiger partial charge in [0.15, 0.2) is 0 Å². The van der Waals surface area contributed by atoms with Gasteiger partial charge in [-0.1, -0.05) is 20.3 Å². The third kappa shape index (κ3) is 5.68. The summed E-state index contributed by atoms with van der Waals surface area (Å²) in [5.74, 6) is 0.937. The summed E-state index contributed by atoms with van der Waals surface area (Å²) < 4.78 is 16.4. The summed E-state index contributed by atoms with van der Waals surface area (Å²) in [7, 11) is 1.62. The molecule has 0 aromatic carbocycles. The van der Waals surface area contributed by atoms with Crippen LogP contribution in [0.5, 0.6) is 5.88 Å². The number of ether oxygens (including phenoxy) is 3. The van der Waals surface area contributed by atoms with Gasteiger partial charge in [0.05, 0.1) is 18.5 Å². The Hall–Kier alpha value is -1.66.